The fraction of sp³-hybridized carbons (Fsp3) is 0.400. The third-order valence-corrected chi connectivity index (χ3v) is 3.37. The van der Waals surface area contributed by atoms with Crippen molar-refractivity contribution in [3.05, 3.63) is 25.6 Å². The topological polar surface area (TPSA) is 102 Å². The minimum Gasteiger partial charge on any atom is -0.480 e. The summed E-state index contributed by atoms with van der Waals surface area (Å²) in [4.78, 5) is 37.7. The van der Waals surface area contributed by atoms with Crippen molar-refractivity contribution in [3.63, 3.8) is 0 Å². The maximum absolute atomic E-state index is 12.1. The number of H-pyrrole nitrogens is 1. The van der Waals surface area contributed by atoms with Crippen LogP contribution in [0.2, 0.25) is 0 Å². The Morgan fingerprint density at radius 1 is 1.32 bits per heavy atom. The molecule has 8 nitrogen and oxygen atoms in total. The van der Waals surface area contributed by atoms with Gasteiger partial charge in [0.25, 0.3) is 5.56 Å². The van der Waals surface area contributed by atoms with Gasteiger partial charge >= 0.3 is 11.7 Å². The Bertz CT molecular complexity index is 853. The largest absolute Gasteiger partial charge is 0.480 e. The molecule has 2 rings (SSSR count). The second kappa shape index (κ2) is 4.19. The average Bonchev–Trinajstić information content (AvgIpc) is 2.70. The third-order valence-electron chi connectivity index (χ3n) is 3.07. The molecule has 1 unspecified atom stereocenters. The van der Waals surface area contributed by atoms with E-state index in [0.717, 1.165) is 4.57 Å². The molecular formula is C10H12N4O4S. The second-order valence-electron chi connectivity index (χ2n) is 4.22. The van der Waals surface area contributed by atoms with Crippen molar-refractivity contribution in [2.45, 2.75) is 13.0 Å². The molecule has 0 aliphatic heterocycles. The minimum absolute atomic E-state index is 0.0736. The van der Waals surface area contributed by atoms with Crippen molar-refractivity contribution in [1.29, 1.82) is 0 Å². The van der Waals surface area contributed by atoms with Gasteiger partial charge in [0.2, 0.25) is 0 Å². The van der Waals surface area contributed by atoms with E-state index in [1.807, 2.05) is 0 Å². The molecular weight excluding hydrogens is 272 g/mol. The molecule has 0 aliphatic rings. The summed E-state index contributed by atoms with van der Waals surface area (Å²) in [5, 5.41) is 9.06. The van der Waals surface area contributed by atoms with Crippen LogP contribution in [0.1, 0.15) is 13.0 Å². The van der Waals surface area contributed by atoms with E-state index >= 15 is 0 Å². The van der Waals surface area contributed by atoms with E-state index in [4.69, 9.17) is 17.3 Å². The van der Waals surface area contributed by atoms with Crippen molar-refractivity contribution in [2.24, 2.45) is 14.1 Å². The van der Waals surface area contributed by atoms with Gasteiger partial charge < -0.3 is 10.1 Å². The summed E-state index contributed by atoms with van der Waals surface area (Å²) in [7, 11) is 2.81. The highest BCUT2D eigenvalue weighted by atomic mass is 32.1. The molecule has 0 saturated carbocycles. The van der Waals surface area contributed by atoms with Crippen LogP contribution < -0.4 is 11.2 Å². The number of aryl methyl sites for hydroxylation is 1. The summed E-state index contributed by atoms with van der Waals surface area (Å²) in [6.07, 6.45) is 0. The van der Waals surface area contributed by atoms with Crippen LogP contribution >= 0.6 is 12.2 Å². The summed E-state index contributed by atoms with van der Waals surface area (Å²) >= 11 is 5.03. The third kappa shape index (κ3) is 1.73. The van der Waals surface area contributed by atoms with Crippen LogP contribution in [0.25, 0.3) is 11.2 Å². The van der Waals surface area contributed by atoms with Gasteiger partial charge in [0.1, 0.15) is 11.7 Å². The van der Waals surface area contributed by atoms with Gasteiger partial charge in [0, 0.05) is 14.1 Å². The highest BCUT2D eigenvalue weighted by Crippen LogP contribution is 2.14. The molecule has 0 radical (unpaired) electrons. The zero-order valence-corrected chi connectivity index (χ0v) is 11.3. The number of nitrogens with one attached hydrogen (secondary N) is 1. The molecule has 0 amide bonds. The van der Waals surface area contributed by atoms with Gasteiger partial charge in [-0.2, -0.15) is 0 Å². The number of aromatic amines is 1. The SMILES string of the molecule is CC(C(=O)O)n1c(=S)[nH]c2c1c(=O)n(C)c(=O)n2C. The number of hydrogen-bond acceptors (Lipinski definition) is 4. The van der Waals surface area contributed by atoms with Crippen LogP contribution in [0.4, 0.5) is 0 Å². The van der Waals surface area contributed by atoms with E-state index < -0.39 is 23.3 Å². The molecule has 0 fully saturated rings. The Morgan fingerprint density at radius 2 is 1.89 bits per heavy atom. The number of carboxylic acids is 1. The predicted octanol–water partition coefficient (Wildman–Crippen LogP) is -0.258. The van der Waals surface area contributed by atoms with Crippen LogP contribution in [0.15, 0.2) is 9.59 Å². The highest BCUT2D eigenvalue weighted by molar-refractivity contribution is 7.71. The highest BCUT2D eigenvalue weighted by Gasteiger charge is 2.22. The van der Waals surface area contributed by atoms with Gasteiger partial charge in [-0.1, -0.05) is 0 Å². The van der Waals surface area contributed by atoms with E-state index in [0.29, 0.717) is 0 Å². The molecule has 0 aromatic carbocycles. The monoisotopic (exact) mass is 284 g/mol. The molecule has 9 heteroatoms. The zero-order chi connectivity index (χ0) is 14.5. The van der Waals surface area contributed by atoms with Crippen LogP contribution in [0.3, 0.4) is 0 Å². The van der Waals surface area contributed by atoms with Crippen LogP contribution in [-0.4, -0.2) is 29.8 Å². The Labute approximate surface area is 111 Å². The lowest BCUT2D eigenvalue weighted by Crippen LogP contribution is -2.38. The summed E-state index contributed by atoms with van der Waals surface area (Å²) in [6, 6.07) is -1.01. The molecule has 2 aromatic rings. The number of aliphatic carboxylic acids is 1. The molecule has 0 aliphatic carbocycles. The molecule has 0 spiro atoms. The molecule has 102 valence electrons. The fourth-order valence-electron chi connectivity index (χ4n) is 1.93. The van der Waals surface area contributed by atoms with Gasteiger partial charge in [-0.25, -0.2) is 9.59 Å². The molecule has 2 N–H and O–H groups in total. The smallest absolute Gasteiger partial charge is 0.332 e. The first-order valence-corrected chi connectivity index (χ1v) is 5.81. The van der Waals surface area contributed by atoms with E-state index in [1.54, 1.807) is 0 Å². The number of nitrogens with zero attached hydrogens (tertiary/aromatic N) is 3. The summed E-state index contributed by atoms with van der Waals surface area (Å²) < 4.78 is 3.42. The maximum Gasteiger partial charge on any atom is 0.332 e. The molecule has 2 aromatic heterocycles. The molecule has 2 heterocycles. The average molecular weight is 284 g/mol. The first-order chi connectivity index (χ1) is 8.77. The minimum atomic E-state index is -1.12. The Kier molecular flexibility index (Phi) is 2.93. The lowest BCUT2D eigenvalue weighted by atomic mass is 10.3. The van der Waals surface area contributed by atoms with E-state index in [9.17, 15) is 14.4 Å². The zero-order valence-electron chi connectivity index (χ0n) is 10.5. The maximum atomic E-state index is 12.1. The fourth-order valence-corrected chi connectivity index (χ4v) is 2.28. The number of carbonyl (C=O) groups is 1. The molecule has 0 saturated heterocycles. The first-order valence-electron chi connectivity index (χ1n) is 5.40. The van der Waals surface area contributed by atoms with E-state index in [1.165, 1.54) is 30.2 Å². The molecule has 1 atom stereocenters. The second-order valence-corrected chi connectivity index (χ2v) is 4.60. The van der Waals surface area contributed by atoms with Gasteiger partial charge in [-0.05, 0) is 19.1 Å². The van der Waals surface area contributed by atoms with Gasteiger partial charge in [0.05, 0.1) is 0 Å². The lowest BCUT2D eigenvalue weighted by molar-refractivity contribution is -0.140. The quantitative estimate of drug-likeness (QED) is 0.740. The standard InChI is InChI=1S/C10H12N4O4S/c1-4(8(16)17)14-5-6(11-9(14)19)12(2)10(18)13(3)7(5)15/h4H,1-3H3,(H,11,19)(H,16,17). The number of rotatable bonds is 2. The van der Waals surface area contributed by atoms with Crippen molar-refractivity contribution < 1.29 is 9.90 Å². The lowest BCUT2D eigenvalue weighted by Gasteiger charge is -2.10. The van der Waals surface area contributed by atoms with Crippen molar-refractivity contribution in [3.8, 4) is 0 Å². The number of carboxylic acid groups (broad SMARTS) is 1. The summed E-state index contributed by atoms with van der Waals surface area (Å²) in [6.45, 7) is 1.41. The summed E-state index contributed by atoms with van der Waals surface area (Å²) in [5.74, 6) is -1.12. The van der Waals surface area contributed by atoms with Crippen LogP contribution in [0, 0.1) is 4.77 Å². The first kappa shape index (κ1) is 13.3. The number of fused-ring (bicyclic) bond motifs is 1. The van der Waals surface area contributed by atoms with Crippen molar-refractivity contribution in [2.75, 3.05) is 0 Å². The van der Waals surface area contributed by atoms with E-state index in [-0.39, 0.29) is 15.9 Å². The van der Waals surface area contributed by atoms with Gasteiger partial charge in [-0.3, -0.25) is 18.5 Å². The number of imidazole rings is 1. The van der Waals surface area contributed by atoms with Gasteiger partial charge in [0.15, 0.2) is 10.3 Å². The van der Waals surface area contributed by atoms with E-state index in [2.05, 4.69) is 4.98 Å². The normalized spacial score (nSPS) is 12.8. The van der Waals surface area contributed by atoms with Crippen LogP contribution in [-0.2, 0) is 18.9 Å². The van der Waals surface area contributed by atoms with Crippen LogP contribution in [0.5, 0.6) is 0 Å². The van der Waals surface area contributed by atoms with Crippen molar-refractivity contribution >= 4 is 29.4 Å². The van der Waals surface area contributed by atoms with Crippen molar-refractivity contribution in [1.82, 2.24) is 18.7 Å². The molecule has 19 heavy (non-hydrogen) atoms. The Balaban J connectivity index is 3.09. The van der Waals surface area contributed by atoms with Gasteiger partial charge in [-0.15, -0.1) is 0 Å². The predicted molar refractivity (Wildman–Crippen MR) is 70.0 cm³/mol. The number of hydrogen-bond donors (Lipinski definition) is 2. The Hall–Kier alpha value is -2.16. The summed E-state index contributed by atoms with van der Waals surface area (Å²) in [5.41, 5.74) is -0.807. The number of aromatic nitrogens is 4. The Morgan fingerprint density at radius 3 is 2.42 bits per heavy atom. The molecule has 0 bridgehead atoms.